The highest BCUT2D eigenvalue weighted by atomic mass is 16.6. The van der Waals surface area contributed by atoms with E-state index in [1.165, 1.54) is 0 Å². The van der Waals surface area contributed by atoms with Crippen molar-refractivity contribution in [1.82, 2.24) is 9.97 Å². The number of carbonyl (C=O) groups excluding carboxylic acids is 1. The highest BCUT2D eigenvalue weighted by Crippen LogP contribution is 2.27. The Hall–Kier alpha value is -2.67. The monoisotopic (exact) mass is 326 g/mol. The minimum Gasteiger partial charge on any atom is -0.469 e. The van der Waals surface area contributed by atoms with Gasteiger partial charge in [0.2, 0.25) is 17.7 Å². The maximum atomic E-state index is 11.4. The zero-order chi connectivity index (χ0) is 16.5. The zero-order valence-electron chi connectivity index (χ0n) is 13.3. The van der Waals surface area contributed by atoms with Crippen LogP contribution in [0.1, 0.15) is 17.5 Å². The Labute approximate surface area is 139 Å². The molecular formula is C17H18N4O3. The van der Waals surface area contributed by atoms with Crippen LogP contribution in [0.5, 0.6) is 5.88 Å². The molecule has 0 saturated carbocycles. The summed E-state index contributed by atoms with van der Waals surface area (Å²) in [6.07, 6.45) is 3.06. The molecule has 1 aromatic heterocycles. The van der Waals surface area contributed by atoms with Crippen molar-refractivity contribution < 1.29 is 14.3 Å². The highest BCUT2D eigenvalue weighted by Gasteiger charge is 2.22. The Morgan fingerprint density at radius 2 is 2.21 bits per heavy atom. The van der Waals surface area contributed by atoms with Gasteiger partial charge in [-0.05, 0) is 37.1 Å². The fraction of sp³-hybridized carbons (Fsp3) is 0.353. The molecule has 2 aliphatic heterocycles. The number of hydrogen-bond donors (Lipinski definition) is 2. The molecule has 7 nitrogen and oxygen atoms in total. The number of rotatable bonds is 4. The first-order valence-corrected chi connectivity index (χ1v) is 7.95. The van der Waals surface area contributed by atoms with Crippen LogP contribution in [-0.4, -0.2) is 35.2 Å². The van der Waals surface area contributed by atoms with Crippen LogP contribution >= 0.6 is 0 Å². The lowest BCUT2D eigenvalue weighted by Crippen LogP contribution is -2.39. The second kappa shape index (κ2) is 6.09. The summed E-state index contributed by atoms with van der Waals surface area (Å²) in [5, 5.41) is 6.07. The Morgan fingerprint density at radius 3 is 3.00 bits per heavy atom. The van der Waals surface area contributed by atoms with Gasteiger partial charge < -0.3 is 20.1 Å². The van der Waals surface area contributed by atoms with E-state index >= 15 is 0 Å². The molecule has 2 aliphatic rings. The van der Waals surface area contributed by atoms with Crippen LogP contribution < -0.4 is 15.4 Å². The van der Waals surface area contributed by atoms with Gasteiger partial charge in [-0.3, -0.25) is 4.79 Å². The topological polar surface area (TPSA) is 85.4 Å². The van der Waals surface area contributed by atoms with Crippen molar-refractivity contribution in [2.24, 2.45) is 0 Å². The summed E-state index contributed by atoms with van der Waals surface area (Å²) in [6.45, 7) is 3.12. The highest BCUT2D eigenvalue weighted by molar-refractivity contribution is 5.94. The first kappa shape index (κ1) is 14.9. The van der Waals surface area contributed by atoms with Crippen molar-refractivity contribution in [2.75, 3.05) is 23.8 Å². The first-order chi connectivity index (χ1) is 11.7. The number of benzene rings is 1. The second-order valence-electron chi connectivity index (χ2n) is 6.00. The fourth-order valence-electron chi connectivity index (χ4n) is 2.64. The number of carbonyl (C=O) groups is 1. The van der Waals surface area contributed by atoms with Crippen LogP contribution in [0.4, 0.5) is 17.3 Å². The maximum absolute atomic E-state index is 11.4. The lowest BCUT2D eigenvalue weighted by Gasteiger charge is -2.26. The van der Waals surface area contributed by atoms with E-state index in [0.29, 0.717) is 31.5 Å². The van der Waals surface area contributed by atoms with E-state index in [1.807, 2.05) is 25.1 Å². The molecule has 3 heterocycles. The molecule has 0 aliphatic carbocycles. The number of aromatic nitrogens is 2. The van der Waals surface area contributed by atoms with Crippen molar-refractivity contribution in [3.05, 3.63) is 35.5 Å². The molecule has 1 saturated heterocycles. The van der Waals surface area contributed by atoms with Crippen LogP contribution in [0.3, 0.4) is 0 Å². The van der Waals surface area contributed by atoms with Crippen LogP contribution in [0.25, 0.3) is 0 Å². The lowest BCUT2D eigenvalue weighted by molar-refractivity contribution is -0.116. The van der Waals surface area contributed by atoms with E-state index in [0.717, 1.165) is 28.9 Å². The lowest BCUT2D eigenvalue weighted by atomic mass is 10.0. The van der Waals surface area contributed by atoms with Crippen LogP contribution in [0.15, 0.2) is 24.4 Å². The molecule has 0 unspecified atom stereocenters. The SMILES string of the molecule is Cc1cnc(Nc2ccc3c(c2)CCC(=O)N3)nc1OC1COC1. The first-order valence-electron chi connectivity index (χ1n) is 7.95. The van der Waals surface area contributed by atoms with Crippen LogP contribution in [0, 0.1) is 6.92 Å². The maximum Gasteiger partial charge on any atom is 0.230 e. The van der Waals surface area contributed by atoms with E-state index in [1.54, 1.807) is 6.20 Å². The van der Waals surface area contributed by atoms with Gasteiger partial charge in [-0.1, -0.05) is 0 Å². The molecule has 24 heavy (non-hydrogen) atoms. The second-order valence-corrected chi connectivity index (χ2v) is 6.00. The summed E-state index contributed by atoms with van der Waals surface area (Å²) in [4.78, 5) is 20.2. The molecular weight excluding hydrogens is 308 g/mol. The smallest absolute Gasteiger partial charge is 0.230 e. The van der Waals surface area contributed by atoms with Crippen molar-refractivity contribution in [3.8, 4) is 5.88 Å². The zero-order valence-corrected chi connectivity index (χ0v) is 13.3. The van der Waals surface area contributed by atoms with Gasteiger partial charge >= 0.3 is 0 Å². The molecule has 4 rings (SSSR count). The third kappa shape index (κ3) is 3.03. The van der Waals surface area contributed by atoms with Crippen LogP contribution in [-0.2, 0) is 16.0 Å². The van der Waals surface area contributed by atoms with Gasteiger partial charge in [0.25, 0.3) is 0 Å². The average Bonchev–Trinajstić information content (AvgIpc) is 2.54. The van der Waals surface area contributed by atoms with Gasteiger partial charge in [0.15, 0.2) is 0 Å². The molecule has 1 fully saturated rings. The van der Waals surface area contributed by atoms with Crippen molar-refractivity contribution in [1.29, 1.82) is 0 Å². The summed E-state index contributed by atoms with van der Waals surface area (Å²) in [5.74, 6) is 1.12. The van der Waals surface area contributed by atoms with E-state index in [9.17, 15) is 4.79 Å². The third-order valence-electron chi connectivity index (χ3n) is 4.07. The molecule has 7 heteroatoms. The van der Waals surface area contributed by atoms with Gasteiger partial charge in [0.1, 0.15) is 6.10 Å². The van der Waals surface area contributed by atoms with E-state index < -0.39 is 0 Å². The van der Waals surface area contributed by atoms with Crippen molar-refractivity contribution in [2.45, 2.75) is 25.9 Å². The average molecular weight is 326 g/mol. The summed E-state index contributed by atoms with van der Waals surface area (Å²) in [5.41, 5.74) is 3.75. The number of aryl methyl sites for hydroxylation is 2. The molecule has 0 bridgehead atoms. The number of hydrogen-bond acceptors (Lipinski definition) is 6. The quantitative estimate of drug-likeness (QED) is 0.896. The van der Waals surface area contributed by atoms with Crippen molar-refractivity contribution >= 4 is 23.2 Å². The standard InChI is InChI=1S/C17H18N4O3/c1-10-7-18-17(21-16(10)24-13-8-23-9-13)19-12-3-4-14-11(6-12)2-5-15(22)20-14/h3-4,6-7,13H,2,5,8-9H2,1H3,(H,20,22)(H,18,19,21). The third-order valence-corrected chi connectivity index (χ3v) is 4.07. The molecule has 0 radical (unpaired) electrons. The van der Waals surface area contributed by atoms with Gasteiger partial charge in [-0.2, -0.15) is 4.98 Å². The summed E-state index contributed by atoms with van der Waals surface area (Å²) >= 11 is 0. The molecule has 124 valence electrons. The number of nitrogens with zero attached hydrogens (tertiary/aromatic N) is 2. The minimum atomic E-state index is 0.0619. The van der Waals surface area contributed by atoms with E-state index in [4.69, 9.17) is 9.47 Å². The van der Waals surface area contributed by atoms with E-state index in [2.05, 4.69) is 20.6 Å². The predicted molar refractivity (Wildman–Crippen MR) is 88.7 cm³/mol. The largest absolute Gasteiger partial charge is 0.469 e. The number of fused-ring (bicyclic) bond motifs is 1. The Kier molecular flexibility index (Phi) is 3.78. The number of anilines is 3. The Morgan fingerprint density at radius 1 is 1.33 bits per heavy atom. The molecule has 0 spiro atoms. The van der Waals surface area contributed by atoms with E-state index in [-0.39, 0.29) is 12.0 Å². The van der Waals surface area contributed by atoms with Crippen LogP contribution in [0.2, 0.25) is 0 Å². The van der Waals surface area contributed by atoms with Gasteiger partial charge in [-0.15, -0.1) is 0 Å². The minimum absolute atomic E-state index is 0.0619. The summed E-state index contributed by atoms with van der Waals surface area (Å²) in [7, 11) is 0. The Balaban J connectivity index is 1.52. The molecule has 1 aromatic carbocycles. The molecule has 2 aromatic rings. The number of nitrogens with one attached hydrogen (secondary N) is 2. The Bertz CT molecular complexity index is 789. The number of ether oxygens (including phenoxy) is 2. The number of amides is 1. The molecule has 1 amide bonds. The van der Waals surface area contributed by atoms with Gasteiger partial charge in [0.05, 0.1) is 13.2 Å². The molecule has 2 N–H and O–H groups in total. The van der Waals surface area contributed by atoms with Gasteiger partial charge in [-0.25, -0.2) is 4.98 Å². The summed E-state index contributed by atoms with van der Waals surface area (Å²) in [6, 6.07) is 5.80. The normalized spacial score (nSPS) is 16.8. The fourth-order valence-corrected chi connectivity index (χ4v) is 2.64. The van der Waals surface area contributed by atoms with Crippen molar-refractivity contribution in [3.63, 3.8) is 0 Å². The predicted octanol–water partition coefficient (Wildman–Crippen LogP) is 2.19. The molecule has 0 atom stereocenters. The summed E-state index contributed by atoms with van der Waals surface area (Å²) < 4.78 is 10.9. The van der Waals surface area contributed by atoms with Gasteiger partial charge in [0, 0.05) is 29.6 Å².